The monoisotopic (exact) mass is 236 g/mol. The molecule has 0 saturated carbocycles. The van der Waals surface area contributed by atoms with Gasteiger partial charge in [0.2, 0.25) is 5.91 Å². The molecule has 1 heterocycles. The zero-order chi connectivity index (χ0) is 12.1. The summed E-state index contributed by atoms with van der Waals surface area (Å²) in [6, 6.07) is 7.32. The van der Waals surface area contributed by atoms with Crippen molar-refractivity contribution in [3.8, 4) is 0 Å². The average molecular weight is 236 g/mol. The molecular weight excluding hydrogens is 220 g/mol. The summed E-state index contributed by atoms with van der Waals surface area (Å²) in [5, 5.41) is 14.5. The number of carbonyl (C=O) groups excluding carboxylic acids is 1. The third kappa shape index (κ3) is 2.82. The van der Waals surface area contributed by atoms with E-state index in [9.17, 15) is 4.79 Å². The molecule has 17 heavy (non-hydrogen) atoms. The third-order valence-corrected chi connectivity index (χ3v) is 2.62. The number of amides is 1. The second kappa shape index (κ2) is 5.77. The molecule has 1 atom stereocenters. The van der Waals surface area contributed by atoms with Gasteiger partial charge < -0.3 is 15.2 Å². The fourth-order valence-electron chi connectivity index (χ4n) is 1.85. The molecule has 0 fully saturated rings. The molecular formula is C12H16N2O3. The molecule has 0 aliphatic carbocycles. The van der Waals surface area contributed by atoms with Crippen molar-refractivity contribution in [1.82, 2.24) is 5.32 Å². The lowest BCUT2D eigenvalue weighted by atomic mass is 10.1. The van der Waals surface area contributed by atoms with Gasteiger partial charge in [0, 0.05) is 17.8 Å². The van der Waals surface area contributed by atoms with Gasteiger partial charge in [-0.2, -0.15) is 0 Å². The summed E-state index contributed by atoms with van der Waals surface area (Å²) >= 11 is 0. The van der Waals surface area contributed by atoms with Crippen molar-refractivity contribution < 1.29 is 14.6 Å². The molecule has 0 spiro atoms. The Balaban J connectivity index is 1.87. The highest BCUT2D eigenvalue weighted by atomic mass is 16.5. The van der Waals surface area contributed by atoms with E-state index in [0.717, 1.165) is 11.3 Å². The van der Waals surface area contributed by atoms with Crippen LogP contribution in [0.2, 0.25) is 0 Å². The highest BCUT2D eigenvalue weighted by Crippen LogP contribution is 2.29. The lowest BCUT2D eigenvalue weighted by Crippen LogP contribution is -2.30. The number of nitrogens with one attached hydrogen (secondary N) is 2. The van der Waals surface area contributed by atoms with E-state index >= 15 is 0 Å². The van der Waals surface area contributed by atoms with Gasteiger partial charge in [0.1, 0.15) is 6.04 Å². The maximum Gasteiger partial charge on any atom is 0.246 e. The SMILES string of the molecule is O=C1Nc2ccccc2C1NCCOCCO. The van der Waals surface area contributed by atoms with E-state index in [4.69, 9.17) is 9.84 Å². The largest absolute Gasteiger partial charge is 0.394 e. The lowest BCUT2D eigenvalue weighted by Gasteiger charge is -2.11. The van der Waals surface area contributed by atoms with Crippen molar-refractivity contribution >= 4 is 11.6 Å². The van der Waals surface area contributed by atoms with Gasteiger partial charge in [-0.1, -0.05) is 18.2 Å². The number of rotatable bonds is 6. The Morgan fingerprint density at radius 2 is 2.18 bits per heavy atom. The lowest BCUT2D eigenvalue weighted by molar-refractivity contribution is -0.117. The van der Waals surface area contributed by atoms with Crippen molar-refractivity contribution in [1.29, 1.82) is 0 Å². The van der Waals surface area contributed by atoms with Crippen LogP contribution < -0.4 is 10.6 Å². The van der Waals surface area contributed by atoms with E-state index < -0.39 is 0 Å². The number of hydrogen-bond donors (Lipinski definition) is 3. The topological polar surface area (TPSA) is 70.6 Å². The van der Waals surface area contributed by atoms with Crippen LogP contribution in [0.3, 0.4) is 0 Å². The number of para-hydroxylation sites is 1. The molecule has 1 amide bonds. The maximum atomic E-state index is 11.7. The Kier molecular flexibility index (Phi) is 4.08. The molecule has 0 saturated heterocycles. The van der Waals surface area contributed by atoms with Gasteiger partial charge in [-0.05, 0) is 6.07 Å². The first-order valence-corrected chi connectivity index (χ1v) is 5.64. The number of hydrogen-bond acceptors (Lipinski definition) is 4. The minimum Gasteiger partial charge on any atom is -0.394 e. The summed E-state index contributed by atoms with van der Waals surface area (Å²) in [5.74, 6) is -0.0339. The quantitative estimate of drug-likeness (QED) is 0.620. The highest BCUT2D eigenvalue weighted by molar-refractivity contribution is 6.02. The summed E-state index contributed by atoms with van der Waals surface area (Å²) in [4.78, 5) is 11.7. The first-order valence-electron chi connectivity index (χ1n) is 5.64. The molecule has 1 unspecified atom stereocenters. The van der Waals surface area contributed by atoms with Gasteiger partial charge >= 0.3 is 0 Å². The third-order valence-electron chi connectivity index (χ3n) is 2.62. The van der Waals surface area contributed by atoms with Crippen LogP contribution in [0.15, 0.2) is 24.3 Å². The molecule has 0 aromatic heterocycles. The molecule has 1 aromatic carbocycles. The number of aliphatic hydroxyl groups excluding tert-OH is 1. The van der Waals surface area contributed by atoms with Crippen LogP contribution in [0.5, 0.6) is 0 Å². The van der Waals surface area contributed by atoms with E-state index in [1.54, 1.807) is 0 Å². The van der Waals surface area contributed by atoms with Crippen LogP contribution in [0.1, 0.15) is 11.6 Å². The van der Waals surface area contributed by atoms with Crippen molar-refractivity contribution in [2.45, 2.75) is 6.04 Å². The summed E-state index contributed by atoms with van der Waals surface area (Å²) in [7, 11) is 0. The number of ether oxygens (including phenoxy) is 1. The Labute approximate surface area is 99.8 Å². The highest BCUT2D eigenvalue weighted by Gasteiger charge is 2.29. The van der Waals surface area contributed by atoms with Crippen LogP contribution >= 0.6 is 0 Å². The zero-order valence-corrected chi connectivity index (χ0v) is 9.48. The second-order valence-corrected chi connectivity index (χ2v) is 3.80. The molecule has 5 heteroatoms. The normalized spacial score (nSPS) is 17.9. The molecule has 0 bridgehead atoms. The Hall–Kier alpha value is -1.43. The van der Waals surface area contributed by atoms with Crippen molar-refractivity contribution in [2.24, 2.45) is 0 Å². The van der Waals surface area contributed by atoms with E-state index in [1.807, 2.05) is 24.3 Å². The van der Waals surface area contributed by atoms with Crippen LogP contribution in [0.4, 0.5) is 5.69 Å². The van der Waals surface area contributed by atoms with Crippen LogP contribution in [-0.4, -0.2) is 37.4 Å². The summed E-state index contributed by atoms with van der Waals surface area (Å²) in [6.45, 7) is 1.40. The van der Waals surface area contributed by atoms with Crippen LogP contribution in [0.25, 0.3) is 0 Å². The predicted octanol–water partition coefficient (Wildman–Crippen LogP) is 0.278. The average Bonchev–Trinajstić information content (AvgIpc) is 2.65. The van der Waals surface area contributed by atoms with Gasteiger partial charge in [0.25, 0.3) is 0 Å². The van der Waals surface area contributed by atoms with E-state index in [-0.39, 0.29) is 18.6 Å². The molecule has 1 aromatic rings. The predicted molar refractivity (Wildman–Crippen MR) is 63.7 cm³/mol. The Bertz CT molecular complexity index is 395. The smallest absolute Gasteiger partial charge is 0.246 e. The summed E-state index contributed by atoms with van der Waals surface area (Å²) in [6.07, 6.45) is 0. The summed E-state index contributed by atoms with van der Waals surface area (Å²) in [5.41, 5.74) is 1.84. The molecule has 3 N–H and O–H groups in total. The first kappa shape index (κ1) is 12.0. The van der Waals surface area contributed by atoms with Gasteiger partial charge in [-0.3, -0.25) is 10.1 Å². The minimum atomic E-state index is -0.302. The number of aliphatic hydroxyl groups is 1. The van der Waals surface area contributed by atoms with Gasteiger partial charge in [0.05, 0.1) is 19.8 Å². The standard InChI is InChI=1S/C12H16N2O3/c15-6-8-17-7-5-13-11-9-3-1-2-4-10(9)14-12(11)16/h1-4,11,13,15H,5-8H2,(H,14,16). The zero-order valence-electron chi connectivity index (χ0n) is 9.48. The van der Waals surface area contributed by atoms with Crippen molar-refractivity contribution in [2.75, 3.05) is 31.7 Å². The van der Waals surface area contributed by atoms with Crippen LogP contribution in [-0.2, 0) is 9.53 Å². The molecule has 0 radical (unpaired) electrons. The molecule has 92 valence electrons. The molecule has 5 nitrogen and oxygen atoms in total. The minimum absolute atomic E-state index is 0.0206. The number of benzene rings is 1. The number of anilines is 1. The Morgan fingerprint density at radius 1 is 1.35 bits per heavy atom. The molecule has 2 rings (SSSR count). The fraction of sp³-hybridized carbons (Fsp3) is 0.417. The molecule has 1 aliphatic rings. The second-order valence-electron chi connectivity index (χ2n) is 3.80. The van der Waals surface area contributed by atoms with E-state index in [0.29, 0.717) is 19.8 Å². The Morgan fingerprint density at radius 3 is 3.00 bits per heavy atom. The van der Waals surface area contributed by atoms with Crippen molar-refractivity contribution in [3.63, 3.8) is 0 Å². The van der Waals surface area contributed by atoms with Crippen molar-refractivity contribution in [3.05, 3.63) is 29.8 Å². The van der Waals surface area contributed by atoms with E-state index in [1.165, 1.54) is 0 Å². The van der Waals surface area contributed by atoms with Gasteiger partial charge in [-0.25, -0.2) is 0 Å². The van der Waals surface area contributed by atoms with Crippen LogP contribution in [0, 0.1) is 0 Å². The first-order chi connectivity index (χ1) is 8.33. The van der Waals surface area contributed by atoms with Gasteiger partial charge in [-0.15, -0.1) is 0 Å². The van der Waals surface area contributed by atoms with Gasteiger partial charge in [0.15, 0.2) is 0 Å². The number of fused-ring (bicyclic) bond motifs is 1. The fourth-order valence-corrected chi connectivity index (χ4v) is 1.85. The molecule has 1 aliphatic heterocycles. The maximum absolute atomic E-state index is 11.7. The van der Waals surface area contributed by atoms with E-state index in [2.05, 4.69) is 10.6 Å². The number of carbonyl (C=O) groups is 1. The summed E-state index contributed by atoms with van der Waals surface area (Å²) < 4.78 is 5.12.